The number of aryl methyl sites for hydroxylation is 1. The van der Waals surface area contributed by atoms with Gasteiger partial charge in [0.25, 0.3) is 5.91 Å². The molecule has 5 rings (SSSR count). The Morgan fingerprint density at radius 1 is 1.03 bits per heavy atom. The molecule has 0 spiro atoms. The lowest BCUT2D eigenvalue weighted by molar-refractivity contribution is 0.0600. The van der Waals surface area contributed by atoms with Crippen molar-refractivity contribution in [2.45, 2.75) is 25.7 Å². The van der Waals surface area contributed by atoms with Crippen LogP contribution in [0.5, 0.6) is 0 Å². The number of benzene rings is 2. The monoisotopic (exact) mass is 470 g/mol. The second-order valence-corrected chi connectivity index (χ2v) is 9.04. The van der Waals surface area contributed by atoms with Crippen LogP contribution in [0.25, 0.3) is 21.8 Å². The third kappa shape index (κ3) is 5.15. The topological polar surface area (TPSA) is 90.2 Å². The summed E-state index contributed by atoms with van der Waals surface area (Å²) in [6.07, 6.45) is 10.0. The summed E-state index contributed by atoms with van der Waals surface area (Å²) in [4.78, 5) is 33.4. The van der Waals surface area contributed by atoms with Crippen molar-refractivity contribution in [2.75, 3.05) is 26.7 Å². The Balaban J connectivity index is 1.09. The first kappa shape index (κ1) is 22.9. The predicted molar refractivity (Wildman–Crippen MR) is 137 cm³/mol. The van der Waals surface area contributed by atoms with Gasteiger partial charge in [0.2, 0.25) is 0 Å². The van der Waals surface area contributed by atoms with E-state index in [1.165, 1.54) is 12.7 Å². The number of hydrogen-bond donors (Lipinski definition) is 3. The minimum atomic E-state index is -0.311. The van der Waals surface area contributed by atoms with Crippen molar-refractivity contribution >= 4 is 33.7 Å². The number of aromatic nitrogens is 2. The number of fused-ring (bicyclic) bond motifs is 2. The molecule has 1 aliphatic heterocycles. The lowest BCUT2D eigenvalue weighted by atomic mass is 10.0. The summed E-state index contributed by atoms with van der Waals surface area (Å²) in [6, 6.07) is 13.3. The van der Waals surface area contributed by atoms with E-state index in [1.807, 2.05) is 48.8 Å². The van der Waals surface area contributed by atoms with Crippen molar-refractivity contribution in [3.8, 4) is 0 Å². The van der Waals surface area contributed by atoms with Crippen LogP contribution in [0, 0.1) is 0 Å². The molecule has 0 saturated carbocycles. The molecule has 35 heavy (non-hydrogen) atoms. The van der Waals surface area contributed by atoms with Crippen LogP contribution in [0.4, 0.5) is 0 Å². The summed E-state index contributed by atoms with van der Waals surface area (Å²) >= 11 is 0. The zero-order valence-corrected chi connectivity index (χ0v) is 19.9. The number of unbranched alkanes of at least 4 members (excludes halogenated alkanes) is 1. The maximum absolute atomic E-state index is 12.6. The van der Waals surface area contributed by atoms with Crippen molar-refractivity contribution in [2.24, 2.45) is 0 Å². The van der Waals surface area contributed by atoms with Crippen molar-refractivity contribution in [1.29, 1.82) is 0 Å². The highest BCUT2D eigenvalue weighted by Crippen LogP contribution is 2.22. The predicted octanol–water partition coefficient (Wildman–Crippen LogP) is 4.78. The fourth-order valence-corrected chi connectivity index (χ4v) is 4.72. The number of ether oxygens (including phenoxy) is 1. The molecule has 3 heterocycles. The first-order valence-electron chi connectivity index (χ1n) is 12.1. The Kier molecular flexibility index (Phi) is 6.68. The SMILES string of the molecule is COC(=O)c1ccc2[nH]cc(CCCCN3CC=C(NC(=O)c4ccc5[nH]ccc5c4)CC3)c2c1. The molecule has 1 amide bonds. The molecule has 0 unspecified atom stereocenters. The lowest BCUT2D eigenvalue weighted by Crippen LogP contribution is -2.34. The first-order chi connectivity index (χ1) is 17.1. The minimum Gasteiger partial charge on any atom is -0.465 e. The van der Waals surface area contributed by atoms with Crippen molar-refractivity contribution in [1.82, 2.24) is 20.2 Å². The fourth-order valence-electron chi connectivity index (χ4n) is 4.72. The Morgan fingerprint density at radius 3 is 2.71 bits per heavy atom. The number of methoxy groups -OCH3 is 1. The molecule has 4 aromatic rings. The number of H-pyrrole nitrogens is 2. The molecule has 3 N–H and O–H groups in total. The van der Waals surface area contributed by atoms with Gasteiger partial charge in [-0.1, -0.05) is 6.08 Å². The Labute approximate surface area is 204 Å². The first-order valence-corrected chi connectivity index (χ1v) is 12.1. The normalized spacial score (nSPS) is 14.3. The highest BCUT2D eigenvalue weighted by molar-refractivity contribution is 5.99. The molecule has 0 bridgehead atoms. The van der Waals surface area contributed by atoms with E-state index in [4.69, 9.17) is 4.74 Å². The van der Waals surface area contributed by atoms with Crippen LogP contribution in [0.15, 0.2) is 66.6 Å². The van der Waals surface area contributed by atoms with Gasteiger partial charge in [-0.3, -0.25) is 9.69 Å². The highest BCUT2D eigenvalue weighted by atomic mass is 16.5. The molecule has 180 valence electrons. The van der Waals surface area contributed by atoms with Gasteiger partial charge in [0, 0.05) is 65.0 Å². The van der Waals surface area contributed by atoms with Crippen LogP contribution in [-0.2, 0) is 11.2 Å². The van der Waals surface area contributed by atoms with E-state index in [2.05, 4.69) is 26.3 Å². The van der Waals surface area contributed by atoms with Gasteiger partial charge in [-0.15, -0.1) is 0 Å². The number of carbonyl (C=O) groups is 2. The number of esters is 1. The summed E-state index contributed by atoms with van der Waals surface area (Å²) in [5.74, 6) is -0.364. The summed E-state index contributed by atoms with van der Waals surface area (Å²) in [7, 11) is 1.40. The van der Waals surface area contributed by atoms with E-state index >= 15 is 0 Å². The number of rotatable bonds is 8. The largest absolute Gasteiger partial charge is 0.465 e. The molecule has 2 aromatic heterocycles. The third-order valence-corrected chi connectivity index (χ3v) is 6.74. The van der Waals surface area contributed by atoms with Crippen LogP contribution in [0.1, 0.15) is 45.5 Å². The summed E-state index contributed by atoms with van der Waals surface area (Å²) in [5.41, 5.74) is 5.55. The molecule has 0 saturated heterocycles. The number of nitrogens with one attached hydrogen (secondary N) is 3. The van der Waals surface area contributed by atoms with Gasteiger partial charge in [0.05, 0.1) is 12.7 Å². The quantitative estimate of drug-likeness (QED) is 0.255. The van der Waals surface area contributed by atoms with Gasteiger partial charge in [0.1, 0.15) is 0 Å². The average molecular weight is 471 g/mol. The molecule has 0 radical (unpaired) electrons. The Hall–Kier alpha value is -3.84. The highest BCUT2D eigenvalue weighted by Gasteiger charge is 2.15. The number of amides is 1. The van der Waals surface area contributed by atoms with Crippen LogP contribution in [-0.4, -0.2) is 53.5 Å². The number of aromatic amines is 2. The molecular weight excluding hydrogens is 440 g/mol. The second kappa shape index (κ2) is 10.2. The summed E-state index contributed by atoms with van der Waals surface area (Å²) < 4.78 is 4.85. The maximum Gasteiger partial charge on any atom is 0.337 e. The van der Waals surface area contributed by atoms with E-state index in [-0.39, 0.29) is 11.9 Å². The van der Waals surface area contributed by atoms with Gasteiger partial charge in [0.15, 0.2) is 0 Å². The Bertz CT molecular complexity index is 1400. The molecule has 2 aromatic carbocycles. The molecule has 0 atom stereocenters. The summed E-state index contributed by atoms with van der Waals surface area (Å²) in [5, 5.41) is 5.21. The van der Waals surface area contributed by atoms with Crippen LogP contribution < -0.4 is 5.32 Å². The number of carbonyl (C=O) groups excluding carboxylic acids is 2. The van der Waals surface area contributed by atoms with Crippen LogP contribution >= 0.6 is 0 Å². The number of nitrogens with zero attached hydrogens (tertiary/aromatic N) is 1. The van der Waals surface area contributed by atoms with Crippen LogP contribution in [0.3, 0.4) is 0 Å². The van der Waals surface area contributed by atoms with Gasteiger partial charge in [-0.25, -0.2) is 4.79 Å². The third-order valence-electron chi connectivity index (χ3n) is 6.74. The van der Waals surface area contributed by atoms with Gasteiger partial charge in [-0.2, -0.15) is 0 Å². The molecule has 0 fully saturated rings. The zero-order valence-electron chi connectivity index (χ0n) is 19.9. The molecular formula is C28H30N4O3. The van der Waals surface area contributed by atoms with E-state index in [9.17, 15) is 9.59 Å². The van der Waals surface area contributed by atoms with Gasteiger partial charge >= 0.3 is 5.97 Å². The smallest absolute Gasteiger partial charge is 0.337 e. The van der Waals surface area contributed by atoms with E-state index in [0.717, 1.165) is 72.8 Å². The minimum absolute atomic E-state index is 0.0538. The van der Waals surface area contributed by atoms with Crippen LogP contribution in [0.2, 0.25) is 0 Å². The molecule has 1 aliphatic rings. The lowest BCUT2D eigenvalue weighted by Gasteiger charge is -2.26. The van der Waals surface area contributed by atoms with Gasteiger partial charge < -0.3 is 20.0 Å². The molecule has 7 nitrogen and oxygen atoms in total. The Morgan fingerprint density at radius 2 is 1.89 bits per heavy atom. The fraction of sp³-hybridized carbons (Fsp3) is 0.286. The van der Waals surface area contributed by atoms with E-state index in [0.29, 0.717) is 11.1 Å². The zero-order chi connectivity index (χ0) is 24.2. The van der Waals surface area contributed by atoms with Gasteiger partial charge in [-0.05, 0) is 73.8 Å². The second-order valence-electron chi connectivity index (χ2n) is 9.04. The average Bonchev–Trinajstić information content (AvgIpc) is 3.53. The van der Waals surface area contributed by atoms with E-state index in [1.54, 1.807) is 6.07 Å². The van der Waals surface area contributed by atoms with Crippen molar-refractivity contribution in [3.63, 3.8) is 0 Å². The van der Waals surface area contributed by atoms with E-state index < -0.39 is 0 Å². The molecule has 0 aliphatic carbocycles. The standard InChI is InChI=1S/C28H30N4O3/c1-35-28(34)21-6-8-26-24(17-21)22(18-30-26)4-2-3-13-32-14-10-23(11-15-32)31-27(33)20-5-7-25-19(16-20)9-12-29-25/h5-10,12,16-18,29-30H,2-4,11,13-15H2,1H3,(H,31,33). The maximum atomic E-state index is 12.6. The molecule has 7 heteroatoms. The summed E-state index contributed by atoms with van der Waals surface area (Å²) in [6.45, 7) is 2.82. The van der Waals surface area contributed by atoms with Crippen molar-refractivity contribution < 1.29 is 14.3 Å². The van der Waals surface area contributed by atoms with Crippen molar-refractivity contribution in [3.05, 3.63) is 83.3 Å². The number of hydrogen-bond acceptors (Lipinski definition) is 4.